The van der Waals surface area contributed by atoms with E-state index in [1.165, 1.54) is 6.07 Å². The lowest BCUT2D eigenvalue weighted by molar-refractivity contribution is -0.122. The number of rotatable bonds is 3. The van der Waals surface area contributed by atoms with Crippen LogP contribution in [0, 0.1) is 17.6 Å². The zero-order valence-corrected chi connectivity index (χ0v) is 12.1. The number of hydrogen-bond acceptors (Lipinski definition) is 2. The number of anilines is 2. The molecule has 1 saturated heterocycles. The van der Waals surface area contributed by atoms with Gasteiger partial charge in [0.15, 0.2) is 11.6 Å². The van der Waals surface area contributed by atoms with Crippen LogP contribution < -0.4 is 10.2 Å². The Morgan fingerprint density at radius 3 is 2.52 bits per heavy atom. The number of nitrogens with one attached hydrogen (secondary N) is 1. The molecule has 1 aliphatic heterocycles. The highest BCUT2D eigenvalue weighted by molar-refractivity contribution is 6.03. The fourth-order valence-corrected chi connectivity index (χ4v) is 2.56. The number of halogens is 2. The zero-order valence-electron chi connectivity index (χ0n) is 12.1. The van der Waals surface area contributed by atoms with E-state index >= 15 is 0 Å². The Morgan fingerprint density at radius 1 is 1.09 bits per heavy atom. The summed E-state index contributed by atoms with van der Waals surface area (Å²) in [4.78, 5) is 25.9. The third-order valence-corrected chi connectivity index (χ3v) is 3.75. The van der Waals surface area contributed by atoms with Gasteiger partial charge < -0.3 is 10.2 Å². The number of benzene rings is 2. The van der Waals surface area contributed by atoms with Crippen LogP contribution >= 0.6 is 0 Å². The third-order valence-electron chi connectivity index (χ3n) is 3.75. The Hall–Kier alpha value is -2.76. The van der Waals surface area contributed by atoms with Crippen molar-refractivity contribution in [3.63, 3.8) is 0 Å². The first-order chi connectivity index (χ1) is 11.0. The van der Waals surface area contributed by atoms with Crippen LogP contribution in [-0.2, 0) is 9.59 Å². The average molecular weight is 316 g/mol. The molecule has 4 nitrogen and oxygen atoms in total. The predicted octanol–water partition coefficient (Wildman–Crippen LogP) is 2.96. The van der Waals surface area contributed by atoms with Crippen molar-refractivity contribution in [1.82, 2.24) is 0 Å². The van der Waals surface area contributed by atoms with Crippen molar-refractivity contribution in [3.05, 3.63) is 60.2 Å². The number of nitrogens with zero attached hydrogens (tertiary/aromatic N) is 1. The molecule has 1 N–H and O–H groups in total. The monoisotopic (exact) mass is 316 g/mol. The van der Waals surface area contributed by atoms with Gasteiger partial charge in [0.1, 0.15) is 0 Å². The fourth-order valence-electron chi connectivity index (χ4n) is 2.56. The first-order valence-corrected chi connectivity index (χ1v) is 7.16. The van der Waals surface area contributed by atoms with Crippen LogP contribution in [0.5, 0.6) is 0 Å². The molecule has 6 heteroatoms. The third kappa shape index (κ3) is 3.21. The van der Waals surface area contributed by atoms with Crippen LogP contribution in [0.15, 0.2) is 48.5 Å². The zero-order chi connectivity index (χ0) is 16.4. The summed E-state index contributed by atoms with van der Waals surface area (Å²) in [5, 5.41) is 2.52. The summed E-state index contributed by atoms with van der Waals surface area (Å²) in [6.45, 7) is 0.262. The molecule has 2 amide bonds. The molecule has 23 heavy (non-hydrogen) atoms. The maximum Gasteiger partial charge on any atom is 0.229 e. The Morgan fingerprint density at radius 2 is 1.83 bits per heavy atom. The molecular weight excluding hydrogens is 302 g/mol. The highest BCUT2D eigenvalue weighted by atomic mass is 19.2. The normalized spacial score (nSPS) is 17.4. The lowest BCUT2D eigenvalue weighted by Gasteiger charge is -2.16. The van der Waals surface area contributed by atoms with E-state index in [0.717, 1.165) is 17.8 Å². The summed E-state index contributed by atoms with van der Waals surface area (Å²) in [6.07, 6.45) is 0.0877. The van der Waals surface area contributed by atoms with Gasteiger partial charge in [-0.2, -0.15) is 0 Å². The minimum absolute atomic E-state index is 0.0877. The predicted molar refractivity (Wildman–Crippen MR) is 81.9 cm³/mol. The van der Waals surface area contributed by atoms with E-state index in [4.69, 9.17) is 0 Å². The molecule has 0 aliphatic carbocycles. The van der Waals surface area contributed by atoms with Gasteiger partial charge in [0, 0.05) is 30.4 Å². The van der Waals surface area contributed by atoms with E-state index in [2.05, 4.69) is 5.32 Å². The number of amides is 2. The van der Waals surface area contributed by atoms with Crippen LogP contribution in [0.3, 0.4) is 0 Å². The second kappa shape index (κ2) is 6.16. The smallest absolute Gasteiger partial charge is 0.229 e. The quantitative estimate of drug-likeness (QED) is 0.946. The maximum absolute atomic E-state index is 13.2. The molecule has 0 saturated carbocycles. The first-order valence-electron chi connectivity index (χ1n) is 7.16. The molecule has 0 radical (unpaired) electrons. The largest absolute Gasteiger partial charge is 0.326 e. The molecule has 118 valence electrons. The van der Waals surface area contributed by atoms with E-state index in [1.54, 1.807) is 17.0 Å². The Balaban J connectivity index is 1.69. The summed E-state index contributed by atoms with van der Waals surface area (Å²) in [5.74, 6) is -3.06. The first kappa shape index (κ1) is 15.1. The van der Waals surface area contributed by atoms with Gasteiger partial charge in [0.2, 0.25) is 11.8 Å². The number of carbonyl (C=O) groups excluding carboxylic acids is 2. The van der Waals surface area contributed by atoms with Crippen LogP contribution in [0.1, 0.15) is 6.42 Å². The van der Waals surface area contributed by atoms with Gasteiger partial charge in [-0.1, -0.05) is 18.2 Å². The van der Waals surface area contributed by atoms with Crippen molar-refractivity contribution in [3.8, 4) is 0 Å². The molecule has 0 unspecified atom stereocenters. The summed E-state index contributed by atoms with van der Waals surface area (Å²) < 4.78 is 26.1. The van der Waals surface area contributed by atoms with Gasteiger partial charge in [0.25, 0.3) is 0 Å². The minimum Gasteiger partial charge on any atom is -0.326 e. The molecule has 1 atom stereocenters. The molecule has 0 aromatic heterocycles. The van der Waals surface area contributed by atoms with E-state index in [-0.39, 0.29) is 30.5 Å². The van der Waals surface area contributed by atoms with Crippen molar-refractivity contribution < 1.29 is 18.4 Å². The molecule has 1 fully saturated rings. The Bertz CT molecular complexity index is 750. The lowest BCUT2D eigenvalue weighted by Crippen LogP contribution is -2.28. The number of hydrogen-bond donors (Lipinski definition) is 1. The van der Waals surface area contributed by atoms with Gasteiger partial charge in [-0.05, 0) is 24.3 Å². The van der Waals surface area contributed by atoms with E-state index in [1.807, 2.05) is 18.2 Å². The average Bonchev–Trinajstić information content (AvgIpc) is 2.94. The van der Waals surface area contributed by atoms with Crippen LogP contribution in [0.2, 0.25) is 0 Å². The van der Waals surface area contributed by atoms with Crippen molar-refractivity contribution in [1.29, 1.82) is 0 Å². The maximum atomic E-state index is 13.2. The summed E-state index contributed by atoms with van der Waals surface area (Å²) >= 11 is 0. The van der Waals surface area contributed by atoms with Gasteiger partial charge in [-0.15, -0.1) is 0 Å². The van der Waals surface area contributed by atoms with Gasteiger partial charge in [-0.3, -0.25) is 9.59 Å². The van der Waals surface area contributed by atoms with E-state index in [0.29, 0.717) is 0 Å². The van der Waals surface area contributed by atoms with Crippen molar-refractivity contribution in [2.75, 3.05) is 16.8 Å². The lowest BCUT2D eigenvalue weighted by atomic mass is 10.1. The van der Waals surface area contributed by atoms with Crippen molar-refractivity contribution >= 4 is 23.2 Å². The van der Waals surface area contributed by atoms with E-state index < -0.39 is 17.6 Å². The number of para-hydroxylation sites is 1. The molecule has 1 aliphatic rings. The SMILES string of the molecule is O=C(Nc1ccc(F)c(F)c1)[C@H]1CC(=O)N(c2ccccc2)C1. The Kier molecular flexibility index (Phi) is 4.06. The molecule has 0 bridgehead atoms. The van der Waals surface area contributed by atoms with Crippen molar-refractivity contribution in [2.45, 2.75) is 6.42 Å². The topological polar surface area (TPSA) is 49.4 Å². The van der Waals surface area contributed by atoms with Gasteiger partial charge in [-0.25, -0.2) is 8.78 Å². The number of carbonyl (C=O) groups is 2. The van der Waals surface area contributed by atoms with Crippen molar-refractivity contribution in [2.24, 2.45) is 5.92 Å². The molecule has 2 aromatic rings. The van der Waals surface area contributed by atoms with Gasteiger partial charge in [0.05, 0.1) is 5.92 Å². The standard InChI is InChI=1S/C17H14F2N2O2/c18-14-7-6-12(9-15(14)19)20-17(23)11-8-16(22)21(10-11)13-4-2-1-3-5-13/h1-7,9,11H,8,10H2,(H,20,23)/t11-/m0/s1. The molecule has 3 rings (SSSR count). The van der Waals surface area contributed by atoms with Gasteiger partial charge >= 0.3 is 0 Å². The van der Waals surface area contributed by atoms with Crippen LogP contribution in [0.4, 0.5) is 20.2 Å². The van der Waals surface area contributed by atoms with Crippen LogP contribution in [-0.4, -0.2) is 18.4 Å². The second-order valence-electron chi connectivity index (χ2n) is 5.36. The summed E-state index contributed by atoms with van der Waals surface area (Å²) in [6, 6.07) is 12.2. The fraction of sp³-hybridized carbons (Fsp3) is 0.176. The highest BCUT2D eigenvalue weighted by Crippen LogP contribution is 2.26. The molecule has 0 spiro atoms. The minimum atomic E-state index is -1.03. The van der Waals surface area contributed by atoms with E-state index in [9.17, 15) is 18.4 Å². The molecular formula is C17H14F2N2O2. The highest BCUT2D eigenvalue weighted by Gasteiger charge is 2.35. The second-order valence-corrected chi connectivity index (χ2v) is 5.36. The molecule has 1 heterocycles. The molecule has 2 aromatic carbocycles. The Labute approximate surface area is 131 Å². The summed E-state index contributed by atoms with van der Waals surface area (Å²) in [7, 11) is 0. The van der Waals surface area contributed by atoms with Crippen LogP contribution in [0.25, 0.3) is 0 Å². The summed E-state index contributed by atoms with van der Waals surface area (Å²) in [5.41, 5.74) is 0.903.